The maximum Gasteiger partial charge on any atom is 0.252 e. The number of aliphatic hydroxyl groups is 1. The zero-order valence-corrected chi connectivity index (χ0v) is 14.8. The van der Waals surface area contributed by atoms with E-state index in [4.69, 9.17) is 0 Å². The number of H-pyrrole nitrogens is 1. The van der Waals surface area contributed by atoms with E-state index in [-0.39, 0.29) is 11.5 Å². The molecule has 0 amide bonds. The highest BCUT2D eigenvalue weighted by Crippen LogP contribution is 2.30. The summed E-state index contributed by atoms with van der Waals surface area (Å²) in [7, 11) is 0. The van der Waals surface area contributed by atoms with Gasteiger partial charge in [0.2, 0.25) is 0 Å². The minimum atomic E-state index is -0.401. The molecule has 0 spiro atoms. The van der Waals surface area contributed by atoms with Gasteiger partial charge < -0.3 is 10.1 Å². The average Bonchev–Trinajstić information content (AvgIpc) is 2.69. The van der Waals surface area contributed by atoms with E-state index in [0.717, 1.165) is 48.0 Å². The fourth-order valence-electron chi connectivity index (χ4n) is 3.90. The molecule has 1 fully saturated rings. The van der Waals surface area contributed by atoms with Gasteiger partial charge >= 0.3 is 0 Å². The van der Waals surface area contributed by atoms with Gasteiger partial charge in [0.05, 0.1) is 6.10 Å². The number of rotatable bonds is 4. The molecule has 2 heterocycles. The number of aromatic amines is 1. The topological polar surface area (TPSA) is 56.3 Å². The number of pyridine rings is 1. The molecule has 26 heavy (non-hydrogen) atoms. The van der Waals surface area contributed by atoms with Crippen molar-refractivity contribution in [2.45, 2.75) is 25.5 Å². The molecule has 4 nitrogen and oxygen atoms in total. The Hall–Kier alpha value is -2.43. The molecule has 2 N–H and O–H groups in total. The lowest BCUT2D eigenvalue weighted by Crippen LogP contribution is -2.36. The summed E-state index contributed by atoms with van der Waals surface area (Å²) in [6.45, 7) is 2.47. The summed E-state index contributed by atoms with van der Waals surface area (Å²) in [5.74, 6) is 0.281. The van der Waals surface area contributed by atoms with Crippen molar-refractivity contribution in [3.05, 3.63) is 82.1 Å². The number of nitrogens with zero attached hydrogens (tertiary/aromatic N) is 1. The van der Waals surface area contributed by atoms with Crippen LogP contribution in [0, 0.1) is 5.92 Å². The first kappa shape index (κ1) is 17.0. The fourth-order valence-corrected chi connectivity index (χ4v) is 3.90. The van der Waals surface area contributed by atoms with E-state index in [1.807, 2.05) is 60.7 Å². The fraction of sp³-hybridized carbons (Fsp3) is 0.318. The van der Waals surface area contributed by atoms with Crippen LogP contribution < -0.4 is 5.56 Å². The molecule has 0 bridgehead atoms. The number of hydrogen-bond donors (Lipinski definition) is 2. The second-order valence-corrected chi connectivity index (χ2v) is 7.18. The first-order valence-corrected chi connectivity index (χ1v) is 9.27. The molecule has 0 aliphatic carbocycles. The third-order valence-electron chi connectivity index (χ3n) is 5.44. The minimum absolute atomic E-state index is 0.00450. The molecule has 134 valence electrons. The monoisotopic (exact) mass is 348 g/mol. The summed E-state index contributed by atoms with van der Waals surface area (Å²) in [5.41, 5.74) is 2.68. The lowest BCUT2D eigenvalue weighted by molar-refractivity contribution is 0.0567. The second kappa shape index (κ2) is 7.44. The number of piperidine rings is 1. The normalized spacial score (nSPS) is 17.4. The van der Waals surface area contributed by atoms with Crippen LogP contribution in [-0.2, 0) is 6.54 Å². The lowest BCUT2D eigenvalue weighted by atomic mass is 9.87. The van der Waals surface area contributed by atoms with Gasteiger partial charge in [0, 0.05) is 17.6 Å². The Balaban J connectivity index is 1.41. The molecule has 1 atom stereocenters. The summed E-state index contributed by atoms with van der Waals surface area (Å²) in [6.07, 6.45) is 1.49. The summed E-state index contributed by atoms with van der Waals surface area (Å²) < 4.78 is 0. The van der Waals surface area contributed by atoms with Gasteiger partial charge in [-0.3, -0.25) is 9.69 Å². The lowest BCUT2D eigenvalue weighted by Gasteiger charge is -2.34. The van der Waals surface area contributed by atoms with E-state index in [1.165, 1.54) is 0 Å². The molecule has 4 heteroatoms. The smallest absolute Gasteiger partial charge is 0.252 e. The molecule has 3 aromatic rings. The molecule has 0 radical (unpaired) electrons. The first-order chi connectivity index (χ1) is 12.7. The number of nitrogens with one attached hydrogen (secondary N) is 1. The van der Waals surface area contributed by atoms with Crippen LogP contribution in [0.1, 0.15) is 30.1 Å². The van der Waals surface area contributed by atoms with Crippen LogP contribution in [0.5, 0.6) is 0 Å². The van der Waals surface area contributed by atoms with Crippen LogP contribution in [0.4, 0.5) is 0 Å². The average molecular weight is 348 g/mol. The van der Waals surface area contributed by atoms with Crippen molar-refractivity contribution in [2.75, 3.05) is 13.1 Å². The Bertz CT molecular complexity index is 928. The van der Waals surface area contributed by atoms with Crippen LogP contribution >= 0.6 is 0 Å². The Labute approximate surface area is 153 Å². The number of likely N-dealkylation sites (tertiary alicyclic amines) is 1. The van der Waals surface area contributed by atoms with E-state index in [9.17, 15) is 9.90 Å². The van der Waals surface area contributed by atoms with E-state index >= 15 is 0 Å². The van der Waals surface area contributed by atoms with Gasteiger partial charge in [-0.15, -0.1) is 0 Å². The maximum absolute atomic E-state index is 12.3. The summed E-state index contributed by atoms with van der Waals surface area (Å²) in [6, 6.07) is 19.8. The third-order valence-corrected chi connectivity index (χ3v) is 5.44. The van der Waals surface area contributed by atoms with Crippen molar-refractivity contribution in [1.82, 2.24) is 9.88 Å². The zero-order chi connectivity index (χ0) is 17.9. The van der Waals surface area contributed by atoms with Crippen LogP contribution in [0.3, 0.4) is 0 Å². The highest BCUT2D eigenvalue weighted by Gasteiger charge is 2.26. The SMILES string of the molecule is O=c1[nH]c2ccccc2cc1CN1CCC(C(O)c2ccccc2)CC1. The highest BCUT2D eigenvalue weighted by molar-refractivity contribution is 5.78. The van der Waals surface area contributed by atoms with E-state index < -0.39 is 6.10 Å². The zero-order valence-electron chi connectivity index (χ0n) is 14.8. The number of benzene rings is 2. The molecular formula is C22H24N2O2. The van der Waals surface area contributed by atoms with E-state index in [1.54, 1.807) is 0 Å². The van der Waals surface area contributed by atoms with Gasteiger partial charge in [0.1, 0.15) is 0 Å². The number of aromatic nitrogens is 1. The standard InChI is InChI=1S/C22H24N2O2/c25-21(16-6-2-1-3-7-16)17-10-12-24(13-11-17)15-19-14-18-8-4-5-9-20(18)23-22(19)26/h1-9,14,17,21,25H,10-13,15H2,(H,23,26). The van der Waals surface area contributed by atoms with Crippen molar-refractivity contribution in [1.29, 1.82) is 0 Å². The molecule has 1 saturated heterocycles. The van der Waals surface area contributed by atoms with Gasteiger partial charge in [-0.1, -0.05) is 48.5 Å². The van der Waals surface area contributed by atoms with Gasteiger partial charge in [-0.2, -0.15) is 0 Å². The largest absolute Gasteiger partial charge is 0.388 e. The maximum atomic E-state index is 12.3. The Kier molecular flexibility index (Phi) is 4.87. The molecule has 1 aliphatic rings. The molecule has 1 aliphatic heterocycles. The Morgan fingerprint density at radius 2 is 1.73 bits per heavy atom. The molecule has 0 saturated carbocycles. The molecule has 1 aromatic heterocycles. The first-order valence-electron chi connectivity index (χ1n) is 9.27. The molecular weight excluding hydrogens is 324 g/mol. The van der Waals surface area contributed by atoms with Gasteiger partial charge in [0.25, 0.3) is 5.56 Å². The van der Waals surface area contributed by atoms with Gasteiger partial charge in [-0.25, -0.2) is 0 Å². The van der Waals surface area contributed by atoms with Crippen molar-refractivity contribution >= 4 is 10.9 Å². The predicted molar refractivity (Wildman–Crippen MR) is 104 cm³/mol. The molecule has 1 unspecified atom stereocenters. The number of para-hydroxylation sites is 1. The summed E-state index contributed by atoms with van der Waals surface area (Å²) in [5, 5.41) is 11.7. The quantitative estimate of drug-likeness (QED) is 0.759. The van der Waals surface area contributed by atoms with Crippen molar-refractivity contribution in [3.63, 3.8) is 0 Å². The van der Waals surface area contributed by atoms with Crippen molar-refractivity contribution < 1.29 is 5.11 Å². The van der Waals surface area contributed by atoms with E-state index in [2.05, 4.69) is 9.88 Å². The van der Waals surface area contributed by atoms with Crippen LogP contribution in [0.25, 0.3) is 10.9 Å². The van der Waals surface area contributed by atoms with Crippen LogP contribution in [0.15, 0.2) is 65.5 Å². The number of fused-ring (bicyclic) bond motifs is 1. The Morgan fingerprint density at radius 3 is 2.50 bits per heavy atom. The Morgan fingerprint density at radius 1 is 1.04 bits per heavy atom. The highest BCUT2D eigenvalue weighted by atomic mass is 16.3. The van der Waals surface area contributed by atoms with Crippen molar-refractivity contribution in [2.24, 2.45) is 5.92 Å². The van der Waals surface area contributed by atoms with Gasteiger partial charge in [-0.05, 0) is 54.9 Å². The number of hydrogen-bond acceptors (Lipinski definition) is 3. The van der Waals surface area contributed by atoms with Crippen LogP contribution in [-0.4, -0.2) is 28.1 Å². The summed E-state index contributed by atoms with van der Waals surface area (Å²) >= 11 is 0. The third kappa shape index (κ3) is 3.57. The van der Waals surface area contributed by atoms with Crippen LogP contribution in [0.2, 0.25) is 0 Å². The minimum Gasteiger partial charge on any atom is -0.388 e. The second-order valence-electron chi connectivity index (χ2n) is 7.18. The predicted octanol–water partition coefficient (Wildman–Crippen LogP) is 3.47. The van der Waals surface area contributed by atoms with Gasteiger partial charge in [0.15, 0.2) is 0 Å². The van der Waals surface area contributed by atoms with E-state index in [0.29, 0.717) is 6.54 Å². The molecule has 2 aromatic carbocycles. The molecule has 4 rings (SSSR count). The number of aliphatic hydroxyl groups excluding tert-OH is 1. The van der Waals surface area contributed by atoms with Crippen molar-refractivity contribution in [3.8, 4) is 0 Å². The summed E-state index contributed by atoms with van der Waals surface area (Å²) in [4.78, 5) is 17.6.